The Hall–Kier alpha value is -1.33. The summed E-state index contributed by atoms with van der Waals surface area (Å²) in [7, 11) is 0. The van der Waals surface area contributed by atoms with Gasteiger partial charge in [0.05, 0.1) is 11.6 Å². The Morgan fingerprint density at radius 1 is 1.50 bits per heavy atom. The van der Waals surface area contributed by atoms with Gasteiger partial charge in [-0.1, -0.05) is 18.2 Å². The van der Waals surface area contributed by atoms with Crippen LogP contribution < -0.4 is 5.73 Å². The first-order valence-electron chi connectivity index (χ1n) is 4.98. The van der Waals surface area contributed by atoms with Crippen molar-refractivity contribution in [1.29, 1.82) is 5.26 Å². The van der Waals surface area contributed by atoms with Crippen molar-refractivity contribution in [2.45, 2.75) is 25.3 Å². The molecular formula is C12H14N2. The maximum absolute atomic E-state index is 8.94. The summed E-state index contributed by atoms with van der Waals surface area (Å²) in [5, 5.41) is 8.94. The topological polar surface area (TPSA) is 49.8 Å². The molecule has 1 aromatic rings. The molecule has 0 aromatic heterocycles. The molecule has 1 aromatic carbocycles. The molecule has 0 spiro atoms. The fraction of sp³-hybridized carbons (Fsp3) is 0.417. The van der Waals surface area contributed by atoms with Crippen LogP contribution in [0, 0.1) is 17.2 Å². The fourth-order valence-corrected chi connectivity index (χ4v) is 2.08. The van der Waals surface area contributed by atoms with Gasteiger partial charge in [-0.3, -0.25) is 0 Å². The third kappa shape index (κ3) is 1.51. The smallest absolute Gasteiger partial charge is 0.0994 e. The lowest BCUT2D eigenvalue weighted by molar-refractivity contribution is 0.631. The molecular weight excluding hydrogens is 172 g/mol. The van der Waals surface area contributed by atoms with Crippen LogP contribution in [-0.4, -0.2) is 6.04 Å². The predicted octanol–water partition coefficient (Wildman–Crippen LogP) is 2.01. The minimum atomic E-state index is 0.242. The maximum atomic E-state index is 8.94. The number of nitrogens with two attached hydrogens (primary N) is 1. The summed E-state index contributed by atoms with van der Waals surface area (Å²) < 4.78 is 0. The van der Waals surface area contributed by atoms with E-state index in [0.29, 0.717) is 11.8 Å². The molecule has 2 N–H and O–H groups in total. The lowest BCUT2D eigenvalue weighted by atomic mass is 10.0. The lowest BCUT2D eigenvalue weighted by Crippen LogP contribution is -2.18. The third-order valence-electron chi connectivity index (χ3n) is 3.00. The van der Waals surface area contributed by atoms with Crippen molar-refractivity contribution in [2.75, 3.05) is 0 Å². The van der Waals surface area contributed by atoms with E-state index >= 15 is 0 Å². The summed E-state index contributed by atoms with van der Waals surface area (Å²) in [6, 6.07) is 10.3. The standard InChI is InChI=1S/C12H14N2/c1-8(14)11-6-12(11)10-5-3-2-4-9(10)7-13/h2-5,8,11-12H,6,14H2,1H3. The van der Waals surface area contributed by atoms with E-state index in [4.69, 9.17) is 11.0 Å². The van der Waals surface area contributed by atoms with E-state index in [2.05, 4.69) is 6.07 Å². The first kappa shape index (κ1) is 9.23. The van der Waals surface area contributed by atoms with Crippen LogP contribution in [0.1, 0.15) is 30.4 Å². The third-order valence-corrected chi connectivity index (χ3v) is 3.00. The zero-order valence-electron chi connectivity index (χ0n) is 8.27. The van der Waals surface area contributed by atoms with Crippen LogP contribution >= 0.6 is 0 Å². The maximum Gasteiger partial charge on any atom is 0.0994 e. The first-order valence-corrected chi connectivity index (χ1v) is 4.98. The van der Waals surface area contributed by atoms with Crippen molar-refractivity contribution >= 4 is 0 Å². The van der Waals surface area contributed by atoms with Gasteiger partial charge >= 0.3 is 0 Å². The summed E-state index contributed by atoms with van der Waals surface area (Å²) in [4.78, 5) is 0. The van der Waals surface area contributed by atoms with Gasteiger partial charge in [0.2, 0.25) is 0 Å². The highest BCUT2D eigenvalue weighted by Crippen LogP contribution is 2.49. The van der Waals surface area contributed by atoms with Crippen LogP contribution in [0.15, 0.2) is 24.3 Å². The zero-order valence-corrected chi connectivity index (χ0v) is 8.27. The number of rotatable bonds is 2. The first-order chi connectivity index (χ1) is 6.74. The van der Waals surface area contributed by atoms with E-state index in [1.807, 2.05) is 31.2 Å². The molecule has 0 radical (unpaired) electrons. The van der Waals surface area contributed by atoms with Crippen molar-refractivity contribution in [1.82, 2.24) is 0 Å². The normalized spacial score (nSPS) is 26.6. The minimum absolute atomic E-state index is 0.242. The summed E-state index contributed by atoms with van der Waals surface area (Å²) in [6.45, 7) is 2.04. The van der Waals surface area contributed by atoms with E-state index in [1.54, 1.807) is 0 Å². The van der Waals surface area contributed by atoms with Gasteiger partial charge in [0.15, 0.2) is 0 Å². The van der Waals surface area contributed by atoms with E-state index < -0.39 is 0 Å². The SMILES string of the molecule is CC(N)C1CC1c1ccccc1C#N. The summed E-state index contributed by atoms with van der Waals surface area (Å²) in [5.74, 6) is 1.09. The summed E-state index contributed by atoms with van der Waals surface area (Å²) in [6.07, 6.45) is 1.14. The molecule has 1 aliphatic carbocycles. The van der Waals surface area contributed by atoms with Crippen LogP contribution in [-0.2, 0) is 0 Å². The Bertz CT molecular complexity index is 376. The Balaban J connectivity index is 2.23. The van der Waals surface area contributed by atoms with Crippen LogP contribution in [0.3, 0.4) is 0 Å². The molecule has 0 saturated heterocycles. The molecule has 3 unspecified atom stereocenters. The van der Waals surface area contributed by atoms with Crippen molar-refractivity contribution < 1.29 is 0 Å². The molecule has 0 amide bonds. The highest BCUT2D eigenvalue weighted by Gasteiger charge is 2.41. The molecule has 1 saturated carbocycles. The van der Waals surface area contributed by atoms with Gasteiger partial charge in [-0.15, -0.1) is 0 Å². The zero-order chi connectivity index (χ0) is 10.1. The average molecular weight is 186 g/mol. The van der Waals surface area contributed by atoms with Gasteiger partial charge in [-0.05, 0) is 36.8 Å². The van der Waals surface area contributed by atoms with Gasteiger partial charge in [-0.25, -0.2) is 0 Å². The quantitative estimate of drug-likeness (QED) is 0.768. The van der Waals surface area contributed by atoms with Crippen LogP contribution in [0.4, 0.5) is 0 Å². The van der Waals surface area contributed by atoms with Gasteiger partial charge in [0.1, 0.15) is 0 Å². The Morgan fingerprint density at radius 2 is 2.21 bits per heavy atom. The highest BCUT2D eigenvalue weighted by molar-refractivity contribution is 5.42. The van der Waals surface area contributed by atoms with Gasteiger partial charge < -0.3 is 5.73 Å². The van der Waals surface area contributed by atoms with E-state index in [1.165, 1.54) is 5.56 Å². The average Bonchev–Trinajstić information content (AvgIpc) is 2.97. The molecule has 2 nitrogen and oxygen atoms in total. The Labute approximate surface area is 84.3 Å². The van der Waals surface area contributed by atoms with Gasteiger partial charge in [0, 0.05) is 6.04 Å². The van der Waals surface area contributed by atoms with Crippen molar-refractivity contribution in [2.24, 2.45) is 11.7 Å². The van der Waals surface area contributed by atoms with Crippen LogP contribution in [0.2, 0.25) is 0 Å². The second-order valence-corrected chi connectivity index (χ2v) is 4.06. The van der Waals surface area contributed by atoms with E-state index in [9.17, 15) is 0 Å². The largest absolute Gasteiger partial charge is 0.328 e. The molecule has 72 valence electrons. The van der Waals surface area contributed by atoms with Crippen molar-refractivity contribution in [3.63, 3.8) is 0 Å². The molecule has 3 atom stereocenters. The van der Waals surface area contributed by atoms with E-state index in [-0.39, 0.29) is 6.04 Å². The second-order valence-electron chi connectivity index (χ2n) is 4.06. The minimum Gasteiger partial charge on any atom is -0.328 e. The molecule has 2 rings (SSSR count). The van der Waals surface area contributed by atoms with Crippen LogP contribution in [0.5, 0.6) is 0 Å². The number of hydrogen-bond acceptors (Lipinski definition) is 2. The van der Waals surface area contributed by atoms with Gasteiger partial charge in [0.25, 0.3) is 0 Å². The molecule has 14 heavy (non-hydrogen) atoms. The second kappa shape index (κ2) is 3.43. The number of hydrogen-bond donors (Lipinski definition) is 1. The monoisotopic (exact) mass is 186 g/mol. The lowest BCUT2D eigenvalue weighted by Gasteiger charge is -2.05. The Morgan fingerprint density at radius 3 is 2.79 bits per heavy atom. The molecule has 0 aliphatic heterocycles. The number of nitrogens with zero attached hydrogens (tertiary/aromatic N) is 1. The number of benzene rings is 1. The molecule has 2 heteroatoms. The summed E-state index contributed by atoms with van der Waals surface area (Å²) in [5.41, 5.74) is 7.82. The molecule has 0 heterocycles. The number of nitriles is 1. The van der Waals surface area contributed by atoms with Crippen molar-refractivity contribution in [3.8, 4) is 6.07 Å². The summed E-state index contributed by atoms with van der Waals surface area (Å²) >= 11 is 0. The van der Waals surface area contributed by atoms with Gasteiger partial charge in [-0.2, -0.15) is 5.26 Å². The highest BCUT2D eigenvalue weighted by atomic mass is 14.7. The fourth-order valence-electron chi connectivity index (χ4n) is 2.08. The molecule has 1 fully saturated rings. The van der Waals surface area contributed by atoms with Crippen molar-refractivity contribution in [3.05, 3.63) is 35.4 Å². The van der Waals surface area contributed by atoms with Crippen LogP contribution in [0.25, 0.3) is 0 Å². The molecule has 0 bridgehead atoms. The Kier molecular flexibility index (Phi) is 2.26. The molecule has 1 aliphatic rings. The van der Waals surface area contributed by atoms with E-state index in [0.717, 1.165) is 12.0 Å². The predicted molar refractivity (Wildman–Crippen MR) is 55.7 cm³/mol.